The van der Waals surface area contributed by atoms with Gasteiger partial charge in [0.05, 0.1) is 6.61 Å². The van der Waals surface area contributed by atoms with Gasteiger partial charge in [-0.05, 0) is 17.2 Å². The summed E-state index contributed by atoms with van der Waals surface area (Å²) >= 11 is 0. The molecule has 1 fully saturated rings. The second-order valence-electron chi connectivity index (χ2n) is 6.08. The number of ether oxygens (including phenoxy) is 1. The fourth-order valence-corrected chi connectivity index (χ4v) is 2.99. The van der Waals surface area contributed by atoms with Gasteiger partial charge in [0.1, 0.15) is 12.3 Å². The Kier molecular flexibility index (Phi) is 4.84. The topological polar surface area (TPSA) is 44.8 Å². The third-order valence-electron chi connectivity index (χ3n) is 4.26. The van der Waals surface area contributed by atoms with E-state index in [2.05, 4.69) is 11.0 Å². The predicted octanol–water partition coefficient (Wildman–Crippen LogP) is 2.01. The molecule has 0 atom stereocenters. The normalized spacial score (nSPS) is 18.2. The molecule has 2 aliphatic rings. The van der Waals surface area contributed by atoms with E-state index < -0.39 is 18.8 Å². The Labute approximate surface area is 138 Å². The minimum atomic E-state index is -4.38. The first-order valence-electron chi connectivity index (χ1n) is 7.97. The molecular formula is C16H20F3N3O2. The van der Waals surface area contributed by atoms with Gasteiger partial charge >= 0.3 is 12.2 Å². The third kappa shape index (κ3) is 4.31. The van der Waals surface area contributed by atoms with Gasteiger partial charge in [-0.1, -0.05) is 12.1 Å². The maximum atomic E-state index is 12.1. The number of hydrogen-bond donors (Lipinski definition) is 1. The molecule has 0 saturated carbocycles. The monoisotopic (exact) mass is 343 g/mol. The van der Waals surface area contributed by atoms with Crippen molar-refractivity contribution in [2.75, 3.05) is 39.3 Å². The van der Waals surface area contributed by atoms with E-state index >= 15 is 0 Å². The number of benzene rings is 1. The number of rotatable bonds is 3. The van der Waals surface area contributed by atoms with E-state index in [1.165, 1.54) is 16.0 Å². The molecule has 3 rings (SSSR count). The van der Waals surface area contributed by atoms with Crippen LogP contribution in [0.3, 0.4) is 0 Å². The molecule has 2 heterocycles. The summed E-state index contributed by atoms with van der Waals surface area (Å²) in [5.41, 5.74) is 2.41. The minimum absolute atomic E-state index is 0.428. The van der Waals surface area contributed by atoms with Crippen LogP contribution in [-0.2, 0) is 13.0 Å². The number of urea groups is 1. The van der Waals surface area contributed by atoms with E-state index in [-0.39, 0.29) is 0 Å². The Morgan fingerprint density at radius 2 is 1.96 bits per heavy atom. The van der Waals surface area contributed by atoms with Crippen molar-refractivity contribution in [3.63, 3.8) is 0 Å². The van der Waals surface area contributed by atoms with Gasteiger partial charge in [0, 0.05) is 39.1 Å². The molecule has 1 aromatic carbocycles. The van der Waals surface area contributed by atoms with Crippen molar-refractivity contribution in [2.24, 2.45) is 0 Å². The lowest BCUT2D eigenvalue weighted by Gasteiger charge is -2.34. The average Bonchev–Trinajstić information content (AvgIpc) is 3.00. The van der Waals surface area contributed by atoms with Gasteiger partial charge in [0.2, 0.25) is 0 Å². The molecule has 2 amide bonds. The van der Waals surface area contributed by atoms with Crippen LogP contribution in [0.15, 0.2) is 18.2 Å². The van der Waals surface area contributed by atoms with Crippen molar-refractivity contribution >= 4 is 6.03 Å². The molecule has 5 nitrogen and oxygen atoms in total. The van der Waals surface area contributed by atoms with Gasteiger partial charge in [-0.15, -0.1) is 0 Å². The average molecular weight is 343 g/mol. The van der Waals surface area contributed by atoms with Crippen LogP contribution in [0.1, 0.15) is 11.1 Å². The van der Waals surface area contributed by atoms with Crippen LogP contribution in [-0.4, -0.2) is 61.3 Å². The summed E-state index contributed by atoms with van der Waals surface area (Å²) in [6.45, 7) is 2.36. The van der Waals surface area contributed by atoms with Gasteiger partial charge in [-0.25, -0.2) is 4.79 Å². The number of fused-ring (bicyclic) bond motifs is 1. The van der Waals surface area contributed by atoms with Gasteiger partial charge in [-0.2, -0.15) is 13.2 Å². The third-order valence-corrected chi connectivity index (χ3v) is 4.26. The molecule has 0 spiro atoms. The quantitative estimate of drug-likeness (QED) is 0.913. The molecule has 132 valence electrons. The number of nitrogens with one attached hydrogen (secondary N) is 1. The molecule has 0 radical (unpaired) electrons. The van der Waals surface area contributed by atoms with Gasteiger partial charge < -0.3 is 15.0 Å². The second-order valence-corrected chi connectivity index (χ2v) is 6.08. The molecule has 1 N–H and O–H groups in total. The molecule has 1 saturated heterocycles. The van der Waals surface area contributed by atoms with Crippen molar-refractivity contribution < 1.29 is 22.7 Å². The zero-order chi connectivity index (χ0) is 17.2. The fourth-order valence-electron chi connectivity index (χ4n) is 2.99. The number of carbonyl (C=O) groups is 1. The first kappa shape index (κ1) is 16.9. The highest BCUT2D eigenvalue weighted by Crippen LogP contribution is 2.26. The van der Waals surface area contributed by atoms with E-state index in [0.29, 0.717) is 26.2 Å². The molecule has 24 heavy (non-hydrogen) atoms. The first-order valence-corrected chi connectivity index (χ1v) is 7.97. The standard InChI is InChI=1S/C16H20F3N3O2/c17-16(18,19)11-20-15(23)22-6-4-21(5-7-22)10-12-1-2-14-13(9-12)3-8-24-14/h1-2,9H,3-8,10-11H2,(H,20,23). The van der Waals surface area contributed by atoms with E-state index in [4.69, 9.17) is 4.74 Å². The summed E-state index contributed by atoms with van der Waals surface area (Å²) in [6, 6.07) is 5.51. The number of halogens is 3. The smallest absolute Gasteiger partial charge is 0.405 e. The molecule has 1 aromatic rings. The van der Waals surface area contributed by atoms with Gasteiger partial charge in [0.15, 0.2) is 0 Å². The van der Waals surface area contributed by atoms with Crippen LogP contribution in [0.4, 0.5) is 18.0 Å². The minimum Gasteiger partial charge on any atom is -0.493 e. The zero-order valence-corrected chi connectivity index (χ0v) is 13.2. The van der Waals surface area contributed by atoms with Crippen molar-refractivity contribution in [1.29, 1.82) is 0 Å². The predicted molar refractivity (Wildman–Crippen MR) is 81.9 cm³/mol. The first-order chi connectivity index (χ1) is 11.4. The van der Waals surface area contributed by atoms with Gasteiger partial charge in [-0.3, -0.25) is 4.90 Å². The summed E-state index contributed by atoms with van der Waals surface area (Å²) in [5.74, 6) is 0.949. The maximum absolute atomic E-state index is 12.1. The van der Waals surface area contributed by atoms with Crippen molar-refractivity contribution in [3.8, 4) is 5.75 Å². The number of piperazine rings is 1. The highest BCUT2D eigenvalue weighted by atomic mass is 19.4. The second kappa shape index (κ2) is 6.88. The molecule has 0 bridgehead atoms. The number of alkyl halides is 3. The molecule has 8 heteroatoms. The van der Waals surface area contributed by atoms with E-state index in [9.17, 15) is 18.0 Å². The van der Waals surface area contributed by atoms with Crippen LogP contribution in [0.25, 0.3) is 0 Å². The zero-order valence-electron chi connectivity index (χ0n) is 13.2. The van der Waals surface area contributed by atoms with E-state index in [1.54, 1.807) is 0 Å². The number of amides is 2. The number of nitrogens with zero attached hydrogens (tertiary/aromatic N) is 2. The SMILES string of the molecule is O=C(NCC(F)(F)F)N1CCN(Cc2ccc3c(c2)CCO3)CC1. The Balaban J connectivity index is 1.46. The highest BCUT2D eigenvalue weighted by Gasteiger charge is 2.29. The van der Waals surface area contributed by atoms with Crippen LogP contribution in [0.2, 0.25) is 0 Å². The highest BCUT2D eigenvalue weighted by molar-refractivity contribution is 5.74. The molecule has 2 aliphatic heterocycles. The van der Waals surface area contributed by atoms with Crippen LogP contribution < -0.4 is 10.1 Å². The fraction of sp³-hybridized carbons (Fsp3) is 0.562. The Hall–Kier alpha value is -1.96. The largest absolute Gasteiger partial charge is 0.493 e. The summed E-state index contributed by atoms with van der Waals surface area (Å²) in [7, 11) is 0. The van der Waals surface area contributed by atoms with E-state index in [0.717, 1.165) is 25.3 Å². The maximum Gasteiger partial charge on any atom is 0.405 e. The summed E-state index contributed by atoms with van der Waals surface area (Å²) in [4.78, 5) is 15.3. The lowest BCUT2D eigenvalue weighted by atomic mass is 10.1. The van der Waals surface area contributed by atoms with Crippen molar-refractivity contribution in [2.45, 2.75) is 19.1 Å². The summed E-state index contributed by atoms with van der Waals surface area (Å²) < 4.78 is 41.9. The van der Waals surface area contributed by atoms with Crippen molar-refractivity contribution in [3.05, 3.63) is 29.3 Å². The summed E-state index contributed by atoms with van der Waals surface area (Å²) in [5, 5.41) is 1.91. The molecule has 0 aliphatic carbocycles. The van der Waals surface area contributed by atoms with Crippen LogP contribution in [0, 0.1) is 0 Å². The number of carbonyl (C=O) groups excluding carboxylic acids is 1. The molecule has 0 unspecified atom stereocenters. The van der Waals surface area contributed by atoms with E-state index in [1.807, 2.05) is 17.4 Å². The number of hydrogen-bond acceptors (Lipinski definition) is 3. The van der Waals surface area contributed by atoms with Gasteiger partial charge in [0.25, 0.3) is 0 Å². The molecule has 0 aromatic heterocycles. The Morgan fingerprint density at radius 1 is 1.21 bits per heavy atom. The lowest BCUT2D eigenvalue weighted by molar-refractivity contribution is -0.123. The lowest BCUT2D eigenvalue weighted by Crippen LogP contribution is -2.52. The van der Waals surface area contributed by atoms with Crippen LogP contribution in [0.5, 0.6) is 5.75 Å². The Morgan fingerprint density at radius 3 is 2.67 bits per heavy atom. The Bertz CT molecular complexity index is 599. The van der Waals surface area contributed by atoms with Crippen LogP contribution >= 0.6 is 0 Å². The van der Waals surface area contributed by atoms with Crippen molar-refractivity contribution in [1.82, 2.24) is 15.1 Å². The summed E-state index contributed by atoms with van der Waals surface area (Å²) in [6.07, 6.45) is -3.45. The molecular weight excluding hydrogens is 323 g/mol.